The Morgan fingerprint density at radius 2 is 2.06 bits per heavy atom. The Bertz CT molecular complexity index is 339. The standard InChI is InChI=1S/C14H20BrNO/c1-17-14-4-2-3-13(9-14)16-10-11-5-7-12(15)8-6-11/h5-8,13-14,16H,2-4,9-10H2,1H3. The smallest absolute Gasteiger partial charge is 0.0586 e. The van der Waals surface area contributed by atoms with Gasteiger partial charge >= 0.3 is 0 Å². The van der Waals surface area contributed by atoms with Crippen molar-refractivity contribution in [2.45, 2.75) is 44.4 Å². The summed E-state index contributed by atoms with van der Waals surface area (Å²) >= 11 is 3.45. The molecule has 1 aromatic carbocycles. The lowest BCUT2D eigenvalue weighted by Crippen LogP contribution is -2.36. The third-order valence-corrected chi connectivity index (χ3v) is 4.00. The summed E-state index contributed by atoms with van der Waals surface area (Å²) in [5.41, 5.74) is 1.34. The monoisotopic (exact) mass is 297 g/mol. The molecule has 1 aliphatic carbocycles. The Hall–Kier alpha value is -0.380. The third-order valence-electron chi connectivity index (χ3n) is 3.47. The van der Waals surface area contributed by atoms with Gasteiger partial charge in [-0.05, 0) is 43.4 Å². The first-order valence-corrected chi connectivity index (χ1v) is 7.08. The molecule has 2 rings (SSSR count). The quantitative estimate of drug-likeness (QED) is 0.918. The molecule has 1 N–H and O–H groups in total. The topological polar surface area (TPSA) is 21.3 Å². The second-order valence-electron chi connectivity index (χ2n) is 4.73. The van der Waals surface area contributed by atoms with Gasteiger partial charge in [0.2, 0.25) is 0 Å². The summed E-state index contributed by atoms with van der Waals surface area (Å²) in [7, 11) is 1.82. The maximum absolute atomic E-state index is 5.44. The van der Waals surface area contributed by atoms with Gasteiger partial charge in [0.05, 0.1) is 6.10 Å². The molecular formula is C14H20BrNO. The Morgan fingerprint density at radius 1 is 1.29 bits per heavy atom. The van der Waals surface area contributed by atoms with Crippen LogP contribution < -0.4 is 5.32 Å². The molecule has 1 aliphatic rings. The van der Waals surface area contributed by atoms with Crippen molar-refractivity contribution in [2.75, 3.05) is 7.11 Å². The number of rotatable bonds is 4. The number of nitrogens with one attached hydrogen (secondary N) is 1. The molecule has 2 atom stereocenters. The Balaban J connectivity index is 1.79. The zero-order valence-corrected chi connectivity index (χ0v) is 11.9. The van der Waals surface area contributed by atoms with Crippen LogP contribution in [0, 0.1) is 0 Å². The first-order valence-electron chi connectivity index (χ1n) is 6.28. The van der Waals surface area contributed by atoms with E-state index in [1.54, 1.807) is 0 Å². The van der Waals surface area contributed by atoms with E-state index in [9.17, 15) is 0 Å². The SMILES string of the molecule is COC1CCCC(NCc2ccc(Br)cc2)C1. The lowest BCUT2D eigenvalue weighted by molar-refractivity contribution is 0.0586. The molecule has 0 aromatic heterocycles. The van der Waals surface area contributed by atoms with Crippen LogP contribution in [0.15, 0.2) is 28.7 Å². The molecule has 0 bridgehead atoms. The largest absolute Gasteiger partial charge is 0.381 e. The minimum atomic E-state index is 0.450. The van der Waals surface area contributed by atoms with Crippen LogP contribution in [0.1, 0.15) is 31.2 Å². The van der Waals surface area contributed by atoms with Gasteiger partial charge < -0.3 is 10.1 Å². The zero-order chi connectivity index (χ0) is 12.1. The molecule has 94 valence electrons. The van der Waals surface area contributed by atoms with Crippen molar-refractivity contribution in [1.29, 1.82) is 0 Å². The van der Waals surface area contributed by atoms with E-state index in [0.717, 1.165) is 17.4 Å². The molecule has 0 amide bonds. The summed E-state index contributed by atoms with van der Waals surface area (Å²) < 4.78 is 6.58. The number of methoxy groups -OCH3 is 1. The first kappa shape index (κ1) is 13.1. The molecule has 0 radical (unpaired) electrons. The summed E-state index contributed by atoms with van der Waals surface area (Å²) in [6, 6.07) is 9.12. The van der Waals surface area contributed by atoms with Crippen LogP contribution in [0.25, 0.3) is 0 Å². The molecule has 17 heavy (non-hydrogen) atoms. The van der Waals surface area contributed by atoms with Crippen molar-refractivity contribution in [3.05, 3.63) is 34.3 Å². The molecule has 0 aliphatic heterocycles. The van der Waals surface area contributed by atoms with Crippen molar-refractivity contribution in [1.82, 2.24) is 5.32 Å². The highest BCUT2D eigenvalue weighted by atomic mass is 79.9. The van der Waals surface area contributed by atoms with Gasteiger partial charge in [-0.2, -0.15) is 0 Å². The van der Waals surface area contributed by atoms with E-state index < -0.39 is 0 Å². The molecule has 1 fully saturated rings. The maximum atomic E-state index is 5.44. The van der Waals surface area contributed by atoms with Gasteiger partial charge in [-0.25, -0.2) is 0 Å². The average Bonchev–Trinajstić information content (AvgIpc) is 2.38. The van der Waals surface area contributed by atoms with Crippen LogP contribution in [0.2, 0.25) is 0 Å². The van der Waals surface area contributed by atoms with E-state index in [4.69, 9.17) is 4.74 Å². The van der Waals surface area contributed by atoms with E-state index in [1.807, 2.05) is 7.11 Å². The second-order valence-corrected chi connectivity index (χ2v) is 5.64. The fraction of sp³-hybridized carbons (Fsp3) is 0.571. The van der Waals surface area contributed by atoms with Gasteiger partial charge in [0.15, 0.2) is 0 Å². The number of halogens is 1. The highest BCUT2D eigenvalue weighted by Crippen LogP contribution is 2.21. The minimum Gasteiger partial charge on any atom is -0.381 e. The molecule has 0 heterocycles. The highest BCUT2D eigenvalue weighted by Gasteiger charge is 2.20. The van der Waals surface area contributed by atoms with Gasteiger partial charge in [-0.1, -0.05) is 28.1 Å². The van der Waals surface area contributed by atoms with Crippen molar-refractivity contribution in [3.8, 4) is 0 Å². The fourth-order valence-electron chi connectivity index (χ4n) is 2.41. The van der Waals surface area contributed by atoms with Gasteiger partial charge in [-0.3, -0.25) is 0 Å². The minimum absolute atomic E-state index is 0.450. The lowest BCUT2D eigenvalue weighted by atomic mass is 9.93. The number of hydrogen-bond donors (Lipinski definition) is 1. The van der Waals surface area contributed by atoms with Gasteiger partial charge in [0.1, 0.15) is 0 Å². The van der Waals surface area contributed by atoms with Gasteiger partial charge in [0, 0.05) is 24.2 Å². The third kappa shape index (κ3) is 4.09. The predicted molar refractivity (Wildman–Crippen MR) is 74.0 cm³/mol. The van der Waals surface area contributed by atoms with Crippen LogP contribution in [-0.2, 0) is 11.3 Å². The van der Waals surface area contributed by atoms with Crippen LogP contribution in [0.4, 0.5) is 0 Å². The van der Waals surface area contributed by atoms with E-state index >= 15 is 0 Å². The zero-order valence-electron chi connectivity index (χ0n) is 10.3. The first-order chi connectivity index (χ1) is 8.28. The fourth-order valence-corrected chi connectivity index (χ4v) is 2.67. The summed E-state index contributed by atoms with van der Waals surface area (Å²) in [6.45, 7) is 0.953. The van der Waals surface area contributed by atoms with Gasteiger partial charge in [0.25, 0.3) is 0 Å². The van der Waals surface area contributed by atoms with Crippen molar-refractivity contribution in [2.24, 2.45) is 0 Å². The lowest BCUT2D eigenvalue weighted by Gasteiger charge is -2.29. The summed E-state index contributed by atoms with van der Waals surface area (Å²) in [5, 5.41) is 3.63. The Labute approximate surface area is 112 Å². The van der Waals surface area contributed by atoms with Crippen molar-refractivity contribution >= 4 is 15.9 Å². The molecule has 0 spiro atoms. The number of ether oxygens (including phenoxy) is 1. The number of hydrogen-bond acceptors (Lipinski definition) is 2. The van der Waals surface area contributed by atoms with Crippen LogP contribution in [0.5, 0.6) is 0 Å². The van der Waals surface area contributed by atoms with E-state index in [-0.39, 0.29) is 0 Å². The average molecular weight is 298 g/mol. The second kappa shape index (κ2) is 6.53. The van der Waals surface area contributed by atoms with E-state index in [2.05, 4.69) is 45.5 Å². The van der Waals surface area contributed by atoms with E-state index in [0.29, 0.717) is 12.1 Å². The molecule has 2 unspecified atom stereocenters. The summed E-state index contributed by atoms with van der Waals surface area (Å²) in [4.78, 5) is 0. The maximum Gasteiger partial charge on any atom is 0.0586 e. The Morgan fingerprint density at radius 3 is 2.76 bits per heavy atom. The molecule has 2 nitrogen and oxygen atoms in total. The molecular weight excluding hydrogens is 278 g/mol. The molecule has 1 saturated carbocycles. The summed E-state index contributed by atoms with van der Waals surface area (Å²) in [5.74, 6) is 0. The summed E-state index contributed by atoms with van der Waals surface area (Å²) in [6.07, 6.45) is 5.36. The molecule has 1 aromatic rings. The van der Waals surface area contributed by atoms with Crippen LogP contribution in [-0.4, -0.2) is 19.3 Å². The predicted octanol–water partition coefficient (Wildman–Crippen LogP) is 3.50. The molecule has 0 saturated heterocycles. The Kier molecular flexibility index (Phi) is 5.01. The van der Waals surface area contributed by atoms with Crippen LogP contribution >= 0.6 is 15.9 Å². The normalized spacial score (nSPS) is 24.8. The van der Waals surface area contributed by atoms with Crippen molar-refractivity contribution < 1.29 is 4.74 Å². The van der Waals surface area contributed by atoms with E-state index in [1.165, 1.54) is 24.8 Å². The van der Waals surface area contributed by atoms with Crippen molar-refractivity contribution in [3.63, 3.8) is 0 Å². The highest BCUT2D eigenvalue weighted by molar-refractivity contribution is 9.10. The number of benzene rings is 1. The molecule has 3 heteroatoms. The van der Waals surface area contributed by atoms with Crippen LogP contribution in [0.3, 0.4) is 0 Å². The van der Waals surface area contributed by atoms with Gasteiger partial charge in [-0.15, -0.1) is 0 Å².